The van der Waals surface area contributed by atoms with Crippen LogP contribution in [0.1, 0.15) is 12.5 Å². The molecular weight excluding hydrogens is 314 g/mol. The molecule has 2 fully saturated rings. The minimum absolute atomic E-state index is 0.432. The van der Waals surface area contributed by atoms with Crippen molar-refractivity contribution in [2.24, 2.45) is 0 Å². The van der Waals surface area contributed by atoms with Gasteiger partial charge in [-0.2, -0.15) is 4.31 Å². The summed E-state index contributed by atoms with van der Waals surface area (Å²) >= 11 is 0. The maximum atomic E-state index is 13.0. The molecule has 2 heterocycles. The predicted molar refractivity (Wildman–Crippen MR) is 88.8 cm³/mol. The number of benzene rings is 1. The second-order valence-corrected chi connectivity index (χ2v) is 8.12. The number of rotatable bonds is 4. The molecule has 2 aliphatic heterocycles. The highest BCUT2D eigenvalue weighted by molar-refractivity contribution is 7.89. The van der Waals surface area contributed by atoms with Crippen molar-refractivity contribution in [3.05, 3.63) is 29.8 Å². The molecule has 1 aromatic rings. The molecule has 3 rings (SSSR count). The Morgan fingerprint density at radius 2 is 1.96 bits per heavy atom. The maximum absolute atomic E-state index is 13.0. The summed E-state index contributed by atoms with van der Waals surface area (Å²) in [6.45, 7) is 7.45. The third-order valence-electron chi connectivity index (χ3n) is 4.41. The molecule has 0 unspecified atom stereocenters. The number of sulfonamides is 1. The van der Waals surface area contributed by atoms with E-state index in [0.717, 1.165) is 25.2 Å². The predicted octanol–water partition coefficient (Wildman–Crippen LogP) is 0.501. The Hall–Kier alpha value is -0.990. The van der Waals surface area contributed by atoms with Crippen molar-refractivity contribution < 1.29 is 13.2 Å². The average Bonchev–Trinajstić information content (AvgIpc) is 2.56. The van der Waals surface area contributed by atoms with Gasteiger partial charge in [0.2, 0.25) is 10.0 Å². The normalized spacial score (nSPS) is 24.7. The maximum Gasteiger partial charge on any atom is 0.243 e. The highest BCUT2D eigenvalue weighted by atomic mass is 32.2. The summed E-state index contributed by atoms with van der Waals surface area (Å²) in [4.78, 5) is 2.75. The van der Waals surface area contributed by atoms with Gasteiger partial charge in [-0.15, -0.1) is 0 Å². The lowest BCUT2D eigenvalue weighted by atomic mass is 10.1. The van der Waals surface area contributed by atoms with E-state index in [0.29, 0.717) is 43.8 Å². The van der Waals surface area contributed by atoms with E-state index in [1.54, 1.807) is 12.1 Å². The molecule has 128 valence electrons. The minimum Gasteiger partial charge on any atom is -0.379 e. The van der Waals surface area contributed by atoms with E-state index in [1.807, 2.05) is 12.1 Å². The monoisotopic (exact) mass is 339 g/mol. The summed E-state index contributed by atoms with van der Waals surface area (Å²) in [5.74, 6) is 0. The third-order valence-corrected chi connectivity index (χ3v) is 6.41. The van der Waals surface area contributed by atoms with Crippen LogP contribution in [0.2, 0.25) is 0 Å². The lowest BCUT2D eigenvalue weighted by Gasteiger charge is -2.33. The Labute approximate surface area is 138 Å². The van der Waals surface area contributed by atoms with Crippen LogP contribution in [0.5, 0.6) is 0 Å². The zero-order valence-electron chi connectivity index (χ0n) is 13.6. The number of hydrogen-bond acceptors (Lipinski definition) is 5. The first-order valence-electron chi connectivity index (χ1n) is 8.19. The first-order chi connectivity index (χ1) is 11.1. The van der Waals surface area contributed by atoms with E-state index in [4.69, 9.17) is 4.74 Å². The van der Waals surface area contributed by atoms with Gasteiger partial charge in [-0.1, -0.05) is 18.2 Å². The van der Waals surface area contributed by atoms with Gasteiger partial charge in [-0.3, -0.25) is 4.90 Å². The second-order valence-electron chi connectivity index (χ2n) is 6.21. The molecule has 0 radical (unpaired) electrons. The smallest absolute Gasteiger partial charge is 0.243 e. The quantitative estimate of drug-likeness (QED) is 0.866. The fourth-order valence-electron chi connectivity index (χ4n) is 3.21. The Balaban J connectivity index is 1.82. The van der Waals surface area contributed by atoms with E-state index in [1.165, 1.54) is 4.31 Å². The standard InChI is InChI=1S/C16H25N3O3S/c1-14-12-18(7-6-17-14)13-15-4-2-3-5-16(15)23(20,21)19-8-10-22-11-9-19/h2-5,14,17H,6-13H2,1H3/t14-/m0/s1. The van der Waals surface area contributed by atoms with Crippen molar-refractivity contribution in [2.45, 2.75) is 24.4 Å². The molecule has 2 saturated heterocycles. The van der Waals surface area contributed by atoms with E-state index >= 15 is 0 Å². The first-order valence-corrected chi connectivity index (χ1v) is 9.63. The second kappa shape index (κ2) is 7.27. The molecular formula is C16H25N3O3S. The molecule has 1 N–H and O–H groups in total. The van der Waals surface area contributed by atoms with Crippen LogP contribution in [0, 0.1) is 0 Å². The molecule has 1 aromatic carbocycles. The van der Waals surface area contributed by atoms with Gasteiger partial charge in [0.25, 0.3) is 0 Å². The number of nitrogens with zero attached hydrogens (tertiary/aromatic N) is 2. The number of hydrogen-bond donors (Lipinski definition) is 1. The highest BCUT2D eigenvalue weighted by Gasteiger charge is 2.29. The van der Waals surface area contributed by atoms with Crippen molar-refractivity contribution in [1.82, 2.24) is 14.5 Å². The van der Waals surface area contributed by atoms with Crippen molar-refractivity contribution in [3.63, 3.8) is 0 Å². The van der Waals surface area contributed by atoms with E-state index in [2.05, 4.69) is 17.1 Å². The van der Waals surface area contributed by atoms with E-state index in [-0.39, 0.29) is 0 Å². The van der Waals surface area contributed by atoms with E-state index in [9.17, 15) is 8.42 Å². The van der Waals surface area contributed by atoms with Gasteiger partial charge in [0, 0.05) is 45.3 Å². The lowest BCUT2D eigenvalue weighted by Crippen LogP contribution is -2.48. The fraction of sp³-hybridized carbons (Fsp3) is 0.625. The lowest BCUT2D eigenvalue weighted by molar-refractivity contribution is 0.0730. The van der Waals surface area contributed by atoms with Crippen LogP contribution in [0.3, 0.4) is 0 Å². The Morgan fingerprint density at radius 3 is 2.70 bits per heavy atom. The van der Waals surface area contributed by atoms with Crippen LogP contribution in [0.25, 0.3) is 0 Å². The molecule has 0 saturated carbocycles. The van der Waals surface area contributed by atoms with Crippen molar-refractivity contribution in [2.75, 3.05) is 45.9 Å². The zero-order chi connectivity index (χ0) is 16.3. The molecule has 7 heteroatoms. The first kappa shape index (κ1) is 16.9. The topological polar surface area (TPSA) is 61.9 Å². The molecule has 0 spiro atoms. The Morgan fingerprint density at radius 1 is 1.22 bits per heavy atom. The summed E-state index contributed by atoms with van der Waals surface area (Å²) in [6.07, 6.45) is 0. The van der Waals surface area contributed by atoms with Crippen molar-refractivity contribution >= 4 is 10.0 Å². The van der Waals surface area contributed by atoms with Crippen LogP contribution >= 0.6 is 0 Å². The van der Waals surface area contributed by atoms with Gasteiger partial charge in [-0.05, 0) is 18.6 Å². The summed E-state index contributed by atoms with van der Waals surface area (Å²) < 4.78 is 32.7. The molecule has 2 aliphatic rings. The molecule has 23 heavy (non-hydrogen) atoms. The summed E-state index contributed by atoms with van der Waals surface area (Å²) in [5, 5.41) is 3.41. The highest BCUT2D eigenvalue weighted by Crippen LogP contribution is 2.22. The summed E-state index contributed by atoms with van der Waals surface area (Å²) in [5.41, 5.74) is 0.882. The number of nitrogens with one attached hydrogen (secondary N) is 1. The van der Waals surface area contributed by atoms with Crippen LogP contribution in [-0.2, 0) is 21.3 Å². The van der Waals surface area contributed by atoms with Gasteiger partial charge < -0.3 is 10.1 Å². The zero-order valence-corrected chi connectivity index (χ0v) is 14.4. The van der Waals surface area contributed by atoms with Gasteiger partial charge in [0.15, 0.2) is 0 Å². The number of morpholine rings is 1. The summed E-state index contributed by atoms with van der Waals surface area (Å²) in [6, 6.07) is 7.81. The molecule has 0 amide bonds. The number of piperazine rings is 1. The van der Waals surface area contributed by atoms with Crippen LogP contribution < -0.4 is 5.32 Å². The van der Waals surface area contributed by atoms with Crippen molar-refractivity contribution in [1.29, 1.82) is 0 Å². The Bertz CT molecular complexity index is 629. The SMILES string of the molecule is C[C@H]1CN(Cc2ccccc2S(=O)(=O)N2CCOCC2)CCN1. The van der Waals surface area contributed by atoms with E-state index < -0.39 is 10.0 Å². The Kier molecular flexibility index (Phi) is 5.33. The largest absolute Gasteiger partial charge is 0.379 e. The van der Waals surface area contributed by atoms with Crippen LogP contribution in [-0.4, -0.2) is 69.6 Å². The van der Waals surface area contributed by atoms with Gasteiger partial charge in [-0.25, -0.2) is 8.42 Å². The summed E-state index contributed by atoms with van der Waals surface area (Å²) in [7, 11) is -3.45. The third kappa shape index (κ3) is 3.92. The molecule has 0 aromatic heterocycles. The van der Waals surface area contributed by atoms with Gasteiger partial charge in [0.05, 0.1) is 18.1 Å². The fourth-order valence-corrected chi connectivity index (χ4v) is 4.83. The van der Waals surface area contributed by atoms with Gasteiger partial charge in [0.1, 0.15) is 0 Å². The van der Waals surface area contributed by atoms with Crippen LogP contribution in [0.15, 0.2) is 29.2 Å². The molecule has 0 bridgehead atoms. The number of ether oxygens (including phenoxy) is 1. The minimum atomic E-state index is -3.45. The van der Waals surface area contributed by atoms with Gasteiger partial charge >= 0.3 is 0 Å². The van der Waals surface area contributed by atoms with Crippen LogP contribution in [0.4, 0.5) is 0 Å². The van der Waals surface area contributed by atoms with Crippen molar-refractivity contribution in [3.8, 4) is 0 Å². The molecule has 1 atom stereocenters. The average molecular weight is 339 g/mol. The molecule has 6 nitrogen and oxygen atoms in total. The molecule has 0 aliphatic carbocycles.